The van der Waals surface area contributed by atoms with Crippen LogP contribution in [0.25, 0.3) is 17.1 Å². The Balaban J connectivity index is 1.48. The van der Waals surface area contributed by atoms with Gasteiger partial charge >= 0.3 is 0 Å². The van der Waals surface area contributed by atoms with E-state index in [1.165, 1.54) is 38.2 Å². The highest BCUT2D eigenvalue weighted by atomic mass is 19.1. The minimum absolute atomic E-state index is 0.275. The molecule has 1 aromatic carbocycles. The maximum absolute atomic E-state index is 13.6. The van der Waals surface area contributed by atoms with Crippen LogP contribution in [0.1, 0.15) is 65.4 Å². The molecule has 3 aromatic heterocycles. The fourth-order valence-corrected chi connectivity index (χ4v) is 4.81. The number of hydrogen-bond acceptors (Lipinski definition) is 6. The number of carbonyl (C=O) groups is 2. The van der Waals surface area contributed by atoms with Crippen molar-refractivity contribution < 1.29 is 14.0 Å². The number of rotatable bonds is 8. The molecule has 0 atom stereocenters. The van der Waals surface area contributed by atoms with Gasteiger partial charge in [0.25, 0.3) is 5.91 Å². The zero-order valence-corrected chi connectivity index (χ0v) is 22.5. The molecule has 2 amide bonds. The third-order valence-corrected chi connectivity index (χ3v) is 6.91. The molecule has 3 heterocycles. The summed E-state index contributed by atoms with van der Waals surface area (Å²) in [6.45, 7) is 7.76. The molecule has 10 nitrogen and oxygen atoms in total. The summed E-state index contributed by atoms with van der Waals surface area (Å²) in [6, 6.07) is 8.33. The van der Waals surface area contributed by atoms with Crippen molar-refractivity contribution in [3.63, 3.8) is 0 Å². The molecule has 0 aliphatic heterocycles. The van der Waals surface area contributed by atoms with Crippen molar-refractivity contribution in [1.82, 2.24) is 40.4 Å². The number of nitrogens with one attached hydrogen (secondary N) is 2. The minimum atomic E-state index is -0.453. The predicted molar refractivity (Wildman–Crippen MR) is 142 cm³/mol. The molecule has 1 saturated carbocycles. The van der Waals surface area contributed by atoms with Gasteiger partial charge in [0.15, 0.2) is 5.82 Å². The second-order valence-corrected chi connectivity index (χ2v) is 9.90. The van der Waals surface area contributed by atoms with Crippen LogP contribution in [0.4, 0.5) is 4.39 Å². The van der Waals surface area contributed by atoms with Gasteiger partial charge in [-0.3, -0.25) is 25.1 Å². The first-order valence-corrected chi connectivity index (χ1v) is 13.0. The number of benzene rings is 1. The number of halogens is 1. The number of aryl methyl sites for hydroxylation is 1. The normalized spacial score (nSPS) is 12.9. The lowest BCUT2D eigenvalue weighted by molar-refractivity contribution is -0.119. The second kappa shape index (κ2) is 10.8. The van der Waals surface area contributed by atoms with E-state index in [4.69, 9.17) is 5.10 Å². The van der Waals surface area contributed by atoms with Crippen LogP contribution in [0.3, 0.4) is 0 Å². The number of hydrazine groups is 1. The lowest BCUT2D eigenvalue weighted by Gasteiger charge is -2.10. The average Bonchev–Trinajstić information content (AvgIpc) is 3.60. The number of carbonyl (C=O) groups excluding carboxylic acids is 2. The molecule has 0 radical (unpaired) electrons. The Labute approximate surface area is 225 Å². The molecule has 1 fully saturated rings. The highest BCUT2D eigenvalue weighted by Crippen LogP contribution is 2.34. The summed E-state index contributed by atoms with van der Waals surface area (Å²) in [6.07, 6.45) is 5.19. The zero-order valence-electron chi connectivity index (χ0n) is 22.5. The lowest BCUT2D eigenvalue weighted by atomic mass is 10.0. The summed E-state index contributed by atoms with van der Waals surface area (Å²) in [5, 5.41) is 9.51. The van der Waals surface area contributed by atoms with Crippen molar-refractivity contribution in [2.24, 2.45) is 5.92 Å². The van der Waals surface area contributed by atoms with Gasteiger partial charge in [-0.25, -0.2) is 19.0 Å². The van der Waals surface area contributed by atoms with Crippen molar-refractivity contribution in [2.75, 3.05) is 0 Å². The van der Waals surface area contributed by atoms with Crippen LogP contribution < -0.4 is 10.9 Å². The third-order valence-electron chi connectivity index (χ3n) is 6.91. The summed E-state index contributed by atoms with van der Waals surface area (Å²) in [5.74, 6) is 0.0475. The van der Waals surface area contributed by atoms with Crippen molar-refractivity contribution >= 4 is 11.8 Å². The van der Waals surface area contributed by atoms with Gasteiger partial charge in [-0.05, 0) is 63.3 Å². The van der Waals surface area contributed by atoms with E-state index >= 15 is 0 Å². The maximum atomic E-state index is 13.6. The Morgan fingerprint density at radius 1 is 1.08 bits per heavy atom. The van der Waals surface area contributed by atoms with Crippen molar-refractivity contribution in [3.05, 3.63) is 76.4 Å². The smallest absolute Gasteiger partial charge is 0.273 e. The number of hydrogen-bond donors (Lipinski definition) is 2. The first-order chi connectivity index (χ1) is 18.7. The van der Waals surface area contributed by atoms with Crippen molar-refractivity contribution in [3.8, 4) is 17.1 Å². The summed E-state index contributed by atoms with van der Waals surface area (Å²) in [7, 11) is 0. The van der Waals surface area contributed by atoms with Crippen LogP contribution in [0.2, 0.25) is 0 Å². The fraction of sp³-hybridized carbons (Fsp3) is 0.357. The molecule has 0 saturated heterocycles. The molecule has 39 heavy (non-hydrogen) atoms. The van der Waals surface area contributed by atoms with Crippen LogP contribution in [0.5, 0.6) is 0 Å². The topological polar surface area (TPSA) is 120 Å². The Kier molecular flexibility index (Phi) is 7.23. The summed E-state index contributed by atoms with van der Waals surface area (Å²) in [5.41, 5.74) is 10.9. The molecule has 0 unspecified atom stereocenters. The molecule has 2 N–H and O–H groups in total. The Morgan fingerprint density at radius 3 is 2.49 bits per heavy atom. The van der Waals surface area contributed by atoms with Crippen molar-refractivity contribution in [1.29, 1.82) is 0 Å². The highest BCUT2D eigenvalue weighted by molar-refractivity contribution is 5.97. The van der Waals surface area contributed by atoms with Crippen LogP contribution in [0, 0.1) is 25.6 Å². The van der Waals surface area contributed by atoms with Gasteiger partial charge < -0.3 is 0 Å². The first kappa shape index (κ1) is 26.2. The highest BCUT2D eigenvalue weighted by Gasteiger charge is 2.26. The van der Waals surface area contributed by atoms with E-state index in [1.807, 2.05) is 6.07 Å². The van der Waals surface area contributed by atoms with Gasteiger partial charge in [-0.15, -0.1) is 0 Å². The zero-order chi connectivity index (χ0) is 27.7. The third kappa shape index (κ3) is 5.57. The van der Waals surface area contributed by atoms with Crippen LogP contribution >= 0.6 is 0 Å². The van der Waals surface area contributed by atoms with Gasteiger partial charge in [0.2, 0.25) is 5.91 Å². The summed E-state index contributed by atoms with van der Waals surface area (Å²) < 4.78 is 17.3. The molecule has 0 bridgehead atoms. The minimum Gasteiger partial charge on any atom is -0.274 e. The Hall–Kier alpha value is -4.41. The number of nitrogens with zero attached hydrogens (tertiary/aromatic N) is 6. The molecule has 1 aliphatic carbocycles. The Bertz CT molecular complexity index is 1540. The van der Waals surface area contributed by atoms with E-state index < -0.39 is 5.91 Å². The van der Waals surface area contributed by atoms with Crippen molar-refractivity contribution in [2.45, 2.75) is 59.9 Å². The Morgan fingerprint density at radius 2 is 1.82 bits per heavy atom. The molecular weight excluding hydrogens is 499 g/mol. The van der Waals surface area contributed by atoms with E-state index in [9.17, 15) is 14.0 Å². The quantitative estimate of drug-likeness (QED) is 0.336. The van der Waals surface area contributed by atoms with E-state index in [2.05, 4.69) is 37.5 Å². The number of aromatic nitrogens is 6. The average molecular weight is 531 g/mol. The second-order valence-electron chi connectivity index (χ2n) is 9.90. The van der Waals surface area contributed by atoms with E-state index in [1.54, 1.807) is 30.7 Å². The molecule has 202 valence electrons. The maximum Gasteiger partial charge on any atom is 0.273 e. The molecule has 4 aromatic rings. The molecule has 0 spiro atoms. The van der Waals surface area contributed by atoms with E-state index in [0.29, 0.717) is 35.1 Å². The van der Waals surface area contributed by atoms with Gasteiger partial charge in [-0.2, -0.15) is 10.2 Å². The van der Waals surface area contributed by atoms with E-state index in [-0.39, 0.29) is 11.7 Å². The number of amides is 2. The molecule has 11 heteroatoms. The van der Waals surface area contributed by atoms with Crippen LogP contribution in [-0.2, 0) is 24.2 Å². The summed E-state index contributed by atoms with van der Waals surface area (Å²) >= 11 is 0. The SMILES string of the molecule is CCc1c(-c2ccc(F)cc2)nn(CC2CC2)c1Cc1cc(-n2nc(C)c(C(=O)NNC(C)=O)c2C)ncn1. The monoisotopic (exact) mass is 530 g/mol. The van der Waals surface area contributed by atoms with Crippen LogP contribution in [0.15, 0.2) is 36.7 Å². The molecule has 1 aliphatic rings. The largest absolute Gasteiger partial charge is 0.274 e. The van der Waals surface area contributed by atoms with Gasteiger partial charge in [0, 0.05) is 42.8 Å². The van der Waals surface area contributed by atoms with Gasteiger partial charge in [-0.1, -0.05) is 6.92 Å². The fourth-order valence-electron chi connectivity index (χ4n) is 4.81. The summed E-state index contributed by atoms with van der Waals surface area (Å²) in [4.78, 5) is 32.8. The van der Waals surface area contributed by atoms with E-state index in [0.717, 1.165) is 41.2 Å². The lowest BCUT2D eigenvalue weighted by Crippen LogP contribution is -2.40. The first-order valence-electron chi connectivity index (χ1n) is 13.0. The molecular formula is C28H31FN8O2. The van der Waals surface area contributed by atoms with Crippen LogP contribution in [-0.4, -0.2) is 41.3 Å². The van der Waals surface area contributed by atoms with Gasteiger partial charge in [0.05, 0.1) is 28.3 Å². The van der Waals surface area contributed by atoms with Gasteiger partial charge in [0.1, 0.15) is 12.1 Å². The molecule has 5 rings (SSSR count). The standard InChI is InChI=1S/C28H31FN8O2/c1-5-23-24(36(14-19-6-7-19)35-27(23)20-8-10-21(29)11-9-20)12-22-13-25(31-15-30-22)37-17(3)26(16(2)34-37)28(39)33-32-18(4)38/h8-11,13,15,19H,5-7,12,14H2,1-4H3,(H,32,38)(H,33,39). The predicted octanol–water partition coefficient (Wildman–Crippen LogP) is 3.63.